The van der Waals surface area contributed by atoms with Gasteiger partial charge in [-0.25, -0.2) is 18.7 Å². The molecule has 0 unspecified atom stereocenters. The minimum absolute atomic E-state index is 0.0252. The molecule has 1 aromatic heterocycles. The maximum absolute atomic E-state index is 14.1. The van der Waals surface area contributed by atoms with E-state index in [9.17, 15) is 18.7 Å². The molecule has 1 saturated heterocycles. The van der Waals surface area contributed by atoms with E-state index in [1.807, 2.05) is 0 Å². The number of β-amino-alcohol motifs (C(OH)–C–C–N with tert-alkyl or cyclic N) is 1. The molecule has 8 heteroatoms. The first-order valence-corrected chi connectivity index (χ1v) is 7.86. The van der Waals surface area contributed by atoms with Gasteiger partial charge in [0, 0.05) is 24.8 Å². The van der Waals surface area contributed by atoms with E-state index >= 15 is 0 Å². The third-order valence-electron chi connectivity index (χ3n) is 4.15. The largest absolute Gasteiger partial charge is 0.391 e. The number of nitrogens with one attached hydrogen (secondary N) is 1. The van der Waals surface area contributed by atoms with Crippen LogP contribution in [0, 0.1) is 18.6 Å². The average Bonchev–Trinajstić information content (AvgIpc) is 2.97. The second-order valence-electron chi connectivity index (χ2n) is 6.00. The van der Waals surface area contributed by atoms with Gasteiger partial charge in [0.25, 0.3) is 5.91 Å². The molecule has 2 aromatic rings. The number of aliphatic hydroxyl groups is 1. The highest BCUT2D eigenvalue weighted by molar-refractivity contribution is 5.93. The fourth-order valence-electron chi connectivity index (χ4n) is 3.04. The van der Waals surface area contributed by atoms with Crippen LogP contribution >= 0.6 is 0 Å². The second kappa shape index (κ2) is 6.72. The first kappa shape index (κ1) is 17.2. The molecule has 132 valence electrons. The third-order valence-corrected chi connectivity index (χ3v) is 4.15. The van der Waals surface area contributed by atoms with Crippen molar-refractivity contribution in [1.82, 2.24) is 14.9 Å². The zero-order valence-electron chi connectivity index (χ0n) is 13.8. The molecule has 1 aromatic carbocycles. The highest BCUT2D eigenvalue weighted by Crippen LogP contribution is 2.35. The number of benzene rings is 1. The number of aromatic nitrogens is 2. The molecule has 0 spiro atoms. The van der Waals surface area contributed by atoms with Crippen LogP contribution in [-0.2, 0) is 0 Å². The Morgan fingerprint density at radius 1 is 1.32 bits per heavy atom. The molecule has 1 aliphatic heterocycles. The van der Waals surface area contributed by atoms with Gasteiger partial charge in [0.1, 0.15) is 17.3 Å². The van der Waals surface area contributed by atoms with E-state index in [2.05, 4.69) is 15.3 Å². The Balaban J connectivity index is 1.98. The van der Waals surface area contributed by atoms with Gasteiger partial charge in [-0.1, -0.05) is 0 Å². The van der Waals surface area contributed by atoms with E-state index in [0.29, 0.717) is 5.69 Å². The first-order chi connectivity index (χ1) is 11.9. The summed E-state index contributed by atoms with van der Waals surface area (Å²) in [6.45, 7) is 1.75. The van der Waals surface area contributed by atoms with Crippen LogP contribution < -0.4 is 5.32 Å². The summed E-state index contributed by atoms with van der Waals surface area (Å²) in [5, 5.41) is 12.8. The van der Waals surface area contributed by atoms with Gasteiger partial charge in [-0.05, 0) is 37.6 Å². The van der Waals surface area contributed by atoms with Gasteiger partial charge >= 0.3 is 0 Å². The van der Waals surface area contributed by atoms with Crippen molar-refractivity contribution in [3.05, 3.63) is 52.9 Å². The molecular weight excluding hydrogens is 330 g/mol. The van der Waals surface area contributed by atoms with Crippen LogP contribution in [0.1, 0.15) is 34.2 Å². The van der Waals surface area contributed by atoms with Gasteiger partial charge in [-0.3, -0.25) is 4.79 Å². The average molecular weight is 348 g/mol. The molecule has 0 radical (unpaired) electrons. The number of aryl methyl sites for hydroxylation is 1. The minimum Gasteiger partial charge on any atom is -0.391 e. The van der Waals surface area contributed by atoms with Gasteiger partial charge < -0.3 is 15.3 Å². The zero-order chi connectivity index (χ0) is 18.1. The number of nitrogens with zero attached hydrogens (tertiary/aromatic N) is 3. The Labute approximate surface area is 143 Å². The van der Waals surface area contributed by atoms with Crippen LogP contribution in [0.15, 0.2) is 24.3 Å². The molecule has 1 aliphatic rings. The number of halogens is 2. The van der Waals surface area contributed by atoms with E-state index in [1.54, 1.807) is 14.0 Å². The van der Waals surface area contributed by atoms with Crippen molar-refractivity contribution >= 4 is 11.9 Å². The van der Waals surface area contributed by atoms with E-state index < -0.39 is 29.7 Å². The molecule has 3 rings (SSSR count). The molecule has 0 bridgehead atoms. The van der Waals surface area contributed by atoms with E-state index in [1.165, 1.54) is 11.0 Å². The van der Waals surface area contributed by atoms with Gasteiger partial charge in [0.15, 0.2) is 0 Å². The number of carbonyl (C=O) groups is 1. The summed E-state index contributed by atoms with van der Waals surface area (Å²) in [5.74, 6) is -1.39. The van der Waals surface area contributed by atoms with Crippen molar-refractivity contribution in [2.45, 2.75) is 25.5 Å². The van der Waals surface area contributed by atoms with Gasteiger partial charge in [-0.15, -0.1) is 0 Å². The van der Waals surface area contributed by atoms with Crippen LogP contribution in [-0.4, -0.2) is 45.6 Å². The molecule has 0 aliphatic carbocycles. The predicted octanol–water partition coefficient (Wildman–Crippen LogP) is 2.05. The summed E-state index contributed by atoms with van der Waals surface area (Å²) < 4.78 is 27.7. The van der Waals surface area contributed by atoms with Crippen LogP contribution in [0.4, 0.5) is 14.7 Å². The number of rotatable bonds is 3. The molecule has 25 heavy (non-hydrogen) atoms. The Hall–Kier alpha value is -2.61. The summed E-state index contributed by atoms with van der Waals surface area (Å²) in [6.07, 6.45) is -0.682. The van der Waals surface area contributed by atoms with Crippen LogP contribution in [0.2, 0.25) is 0 Å². The number of aliphatic hydroxyl groups excluding tert-OH is 1. The maximum Gasteiger partial charge on any atom is 0.273 e. The van der Waals surface area contributed by atoms with E-state index in [0.717, 1.165) is 18.2 Å². The summed E-state index contributed by atoms with van der Waals surface area (Å²) in [5.41, 5.74) is 0.771. The molecule has 6 nitrogen and oxygen atoms in total. The molecule has 2 heterocycles. The quantitative estimate of drug-likeness (QED) is 0.888. The highest BCUT2D eigenvalue weighted by Gasteiger charge is 2.37. The van der Waals surface area contributed by atoms with Gasteiger partial charge in [-0.2, -0.15) is 0 Å². The van der Waals surface area contributed by atoms with Gasteiger partial charge in [0.05, 0.1) is 12.1 Å². The molecule has 2 N–H and O–H groups in total. The summed E-state index contributed by atoms with van der Waals surface area (Å²) in [7, 11) is 1.63. The van der Waals surface area contributed by atoms with Crippen molar-refractivity contribution in [1.29, 1.82) is 0 Å². The lowest BCUT2D eigenvalue weighted by Crippen LogP contribution is -2.33. The Morgan fingerprint density at radius 3 is 2.80 bits per heavy atom. The summed E-state index contributed by atoms with van der Waals surface area (Å²) in [4.78, 5) is 22.5. The maximum atomic E-state index is 14.1. The highest BCUT2D eigenvalue weighted by atomic mass is 19.1. The number of hydrogen-bond donors (Lipinski definition) is 2. The predicted molar refractivity (Wildman–Crippen MR) is 87.1 cm³/mol. The SMILES string of the molecule is CNc1nc(C)cc(C(=O)N2C[C@@H](O)C[C@@H]2c2cc(F)ccc2F)n1. The summed E-state index contributed by atoms with van der Waals surface area (Å²) >= 11 is 0. The summed E-state index contributed by atoms with van der Waals surface area (Å²) in [6, 6.07) is 3.86. The zero-order valence-corrected chi connectivity index (χ0v) is 13.8. The molecule has 2 atom stereocenters. The second-order valence-corrected chi connectivity index (χ2v) is 6.00. The minimum atomic E-state index is -0.816. The lowest BCUT2D eigenvalue weighted by atomic mass is 10.0. The number of likely N-dealkylation sites (tertiary alicyclic amines) is 1. The van der Waals surface area contributed by atoms with Crippen molar-refractivity contribution in [3.63, 3.8) is 0 Å². The number of carbonyl (C=O) groups excluding carboxylic acids is 1. The van der Waals surface area contributed by atoms with Crippen LogP contribution in [0.5, 0.6) is 0 Å². The van der Waals surface area contributed by atoms with Crippen molar-refractivity contribution < 1.29 is 18.7 Å². The van der Waals surface area contributed by atoms with Crippen molar-refractivity contribution in [3.8, 4) is 0 Å². The van der Waals surface area contributed by atoms with Gasteiger partial charge in [0.2, 0.25) is 5.95 Å². The Morgan fingerprint density at radius 2 is 2.08 bits per heavy atom. The number of hydrogen-bond acceptors (Lipinski definition) is 5. The lowest BCUT2D eigenvalue weighted by Gasteiger charge is -2.25. The molecule has 0 saturated carbocycles. The lowest BCUT2D eigenvalue weighted by molar-refractivity contribution is 0.0707. The van der Waals surface area contributed by atoms with Crippen LogP contribution in [0.3, 0.4) is 0 Å². The standard InChI is InChI=1S/C17H18F2N4O2/c1-9-5-14(22-17(20-2)21-9)16(25)23-8-11(24)7-15(23)12-6-10(18)3-4-13(12)19/h3-6,11,15,24H,7-8H2,1-2H3,(H,20,21,22)/t11-,15+/m0/s1. The molecular formula is C17H18F2N4O2. The first-order valence-electron chi connectivity index (χ1n) is 7.86. The molecule has 1 amide bonds. The van der Waals surface area contributed by atoms with Crippen molar-refractivity contribution in [2.24, 2.45) is 0 Å². The van der Waals surface area contributed by atoms with Crippen molar-refractivity contribution in [2.75, 3.05) is 18.9 Å². The Kier molecular flexibility index (Phi) is 4.63. The fraction of sp³-hybridized carbons (Fsp3) is 0.353. The number of anilines is 1. The molecule has 1 fully saturated rings. The van der Waals surface area contributed by atoms with E-state index in [4.69, 9.17) is 0 Å². The van der Waals surface area contributed by atoms with E-state index in [-0.39, 0.29) is 30.2 Å². The third kappa shape index (κ3) is 3.43. The topological polar surface area (TPSA) is 78.4 Å². The number of amides is 1. The monoisotopic (exact) mass is 348 g/mol. The Bertz CT molecular complexity index is 815. The fourth-order valence-corrected chi connectivity index (χ4v) is 3.04. The smallest absolute Gasteiger partial charge is 0.273 e. The van der Waals surface area contributed by atoms with Crippen LogP contribution in [0.25, 0.3) is 0 Å². The normalized spacial score (nSPS) is 20.0.